The Balaban J connectivity index is 1.49. The van der Waals surface area contributed by atoms with Gasteiger partial charge in [-0.05, 0) is 29.8 Å². The van der Waals surface area contributed by atoms with Crippen LogP contribution in [0.5, 0.6) is 11.5 Å². The maximum atomic E-state index is 8.76. The third-order valence-corrected chi connectivity index (χ3v) is 3.35. The van der Waals surface area contributed by atoms with Crippen LogP contribution < -0.4 is 14.8 Å². The van der Waals surface area contributed by atoms with Crippen LogP contribution in [0.15, 0.2) is 48.5 Å². The van der Waals surface area contributed by atoms with E-state index in [0.717, 1.165) is 23.6 Å². The van der Waals surface area contributed by atoms with Crippen molar-refractivity contribution in [2.24, 2.45) is 0 Å². The number of nitriles is 1. The predicted octanol–water partition coefficient (Wildman–Crippen LogP) is 2.49. The standard InChI is InChI=1S/C17H16N2O2/c18-9-13-5-7-14(8-6-13)10-19-11-15-12-20-16-3-1-2-4-17(16)21-15/h1-8,15,19H,10-12H2. The summed E-state index contributed by atoms with van der Waals surface area (Å²) in [6.45, 7) is 2.01. The van der Waals surface area contributed by atoms with Crippen molar-refractivity contribution in [2.45, 2.75) is 12.6 Å². The Kier molecular flexibility index (Phi) is 4.04. The number of ether oxygens (including phenoxy) is 2. The summed E-state index contributed by atoms with van der Waals surface area (Å²) in [4.78, 5) is 0. The molecule has 3 rings (SSSR count). The number of nitrogens with zero attached hydrogens (tertiary/aromatic N) is 1. The fourth-order valence-corrected chi connectivity index (χ4v) is 2.24. The Morgan fingerprint density at radius 3 is 2.62 bits per heavy atom. The Morgan fingerprint density at radius 2 is 1.86 bits per heavy atom. The van der Waals surface area contributed by atoms with E-state index in [1.165, 1.54) is 0 Å². The number of nitrogens with one attached hydrogen (secondary N) is 1. The van der Waals surface area contributed by atoms with Gasteiger partial charge in [0.05, 0.1) is 11.6 Å². The minimum Gasteiger partial charge on any atom is -0.486 e. The van der Waals surface area contributed by atoms with E-state index in [4.69, 9.17) is 14.7 Å². The molecule has 4 nitrogen and oxygen atoms in total. The summed E-state index contributed by atoms with van der Waals surface area (Å²) in [5.41, 5.74) is 1.82. The van der Waals surface area contributed by atoms with Gasteiger partial charge in [0.1, 0.15) is 12.7 Å². The van der Waals surface area contributed by atoms with Gasteiger partial charge in [0.2, 0.25) is 0 Å². The van der Waals surface area contributed by atoms with Gasteiger partial charge >= 0.3 is 0 Å². The first-order chi connectivity index (χ1) is 10.3. The van der Waals surface area contributed by atoms with Crippen molar-refractivity contribution in [3.63, 3.8) is 0 Å². The number of hydrogen-bond acceptors (Lipinski definition) is 4. The topological polar surface area (TPSA) is 54.3 Å². The highest BCUT2D eigenvalue weighted by Gasteiger charge is 2.19. The first kappa shape index (κ1) is 13.5. The normalized spacial score (nSPS) is 16.2. The molecule has 0 radical (unpaired) electrons. The van der Waals surface area contributed by atoms with Gasteiger partial charge in [0.25, 0.3) is 0 Å². The van der Waals surface area contributed by atoms with Gasteiger partial charge in [-0.15, -0.1) is 0 Å². The van der Waals surface area contributed by atoms with Gasteiger partial charge in [-0.2, -0.15) is 5.26 Å². The minimum absolute atomic E-state index is 0.0123. The lowest BCUT2D eigenvalue weighted by molar-refractivity contribution is 0.0902. The highest BCUT2D eigenvalue weighted by molar-refractivity contribution is 5.40. The predicted molar refractivity (Wildman–Crippen MR) is 79.2 cm³/mol. The van der Waals surface area contributed by atoms with Crippen molar-refractivity contribution < 1.29 is 9.47 Å². The molecule has 0 aliphatic carbocycles. The first-order valence-corrected chi connectivity index (χ1v) is 6.93. The molecule has 2 aromatic carbocycles. The van der Waals surface area contributed by atoms with Crippen LogP contribution in [0.1, 0.15) is 11.1 Å². The first-order valence-electron chi connectivity index (χ1n) is 6.93. The van der Waals surface area contributed by atoms with Crippen LogP contribution in [0.25, 0.3) is 0 Å². The second-order valence-corrected chi connectivity index (χ2v) is 4.94. The van der Waals surface area contributed by atoms with E-state index in [-0.39, 0.29) is 6.10 Å². The third-order valence-electron chi connectivity index (χ3n) is 3.35. The number of para-hydroxylation sites is 2. The Morgan fingerprint density at radius 1 is 1.10 bits per heavy atom. The van der Waals surface area contributed by atoms with Crippen LogP contribution in [0, 0.1) is 11.3 Å². The molecular weight excluding hydrogens is 264 g/mol. The van der Waals surface area contributed by atoms with Crippen LogP contribution in [-0.4, -0.2) is 19.3 Å². The second-order valence-electron chi connectivity index (χ2n) is 4.94. The van der Waals surface area contributed by atoms with E-state index < -0.39 is 0 Å². The van der Waals surface area contributed by atoms with Gasteiger partial charge in [-0.25, -0.2) is 0 Å². The van der Waals surface area contributed by atoms with E-state index in [9.17, 15) is 0 Å². The summed E-state index contributed by atoms with van der Waals surface area (Å²) in [6, 6.07) is 17.4. The molecule has 0 aromatic heterocycles. The van der Waals surface area contributed by atoms with Crippen molar-refractivity contribution in [1.29, 1.82) is 5.26 Å². The van der Waals surface area contributed by atoms with E-state index in [1.807, 2.05) is 48.5 Å². The molecule has 0 saturated carbocycles. The lowest BCUT2D eigenvalue weighted by Crippen LogP contribution is -2.38. The summed E-state index contributed by atoms with van der Waals surface area (Å²) in [7, 11) is 0. The van der Waals surface area contributed by atoms with Crippen LogP contribution in [0.4, 0.5) is 0 Å². The summed E-state index contributed by atoms with van der Waals surface area (Å²) < 4.78 is 11.5. The number of benzene rings is 2. The molecule has 0 bridgehead atoms. The zero-order valence-electron chi connectivity index (χ0n) is 11.6. The van der Waals surface area contributed by atoms with Gasteiger partial charge < -0.3 is 14.8 Å². The fourth-order valence-electron chi connectivity index (χ4n) is 2.24. The van der Waals surface area contributed by atoms with Crippen LogP contribution in [0.3, 0.4) is 0 Å². The summed E-state index contributed by atoms with van der Waals surface area (Å²) in [5, 5.41) is 12.1. The molecule has 21 heavy (non-hydrogen) atoms. The maximum absolute atomic E-state index is 8.76. The monoisotopic (exact) mass is 280 g/mol. The minimum atomic E-state index is 0.0123. The summed E-state index contributed by atoms with van der Waals surface area (Å²) in [6.07, 6.45) is 0.0123. The molecule has 106 valence electrons. The third kappa shape index (κ3) is 3.33. The van der Waals surface area contributed by atoms with Gasteiger partial charge in [0, 0.05) is 13.1 Å². The van der Waals surface area contributed by atoms with Gasteiger partial charge in [-0.1, -0.05) is 24.3 Å². The van der Waals surface area contributed by atoms with Crippen molar-refractivity contribution in [2.75, 3.05) is 13.2 Å². The molecule has 1 atom stereocenters. The lowest BCUT2D eigenvalue weighted by atomic mass is 10.1. The zero-order valence-corrected chi connectivity index (χ0v) is 11.6. The molecule has 0 spiro atoms. The molecule has 4 heteroatoms. The highest BCUT2D eigenvalue weighted by Crippen LogP contribution is 2.30. The average molecular weight is 280 g/mol. The summed E-state index contributed by atoms with van der Waals surface area (Å²) >= 11 is 0. The number of fused-ring (bicyclic) bond motifs is 1. The summed E-state index contributed by atoms with van der Waals surface area (Å²) in [5.74, 6) is 1.61. The molecule has 1 unspecified atom stereocenters. The van der Waals surface area contributed by atoms with Gasteiger partial charge in [0.15, 0.2) is 11.5 Å². The molecule has 1 heterocycles. The molecule has 0 amide bonds. The molecule has 1 N–H and O–H groups in total. The molecule has 0 saturated heterocycles. The SMILES string of the molecule is N#Cc1ccc(CNCC2COc3ccccc3O2)cc1. The smallest absolute Gasteiger partial charge is 0.161 e. The fraction of sp³-hybridized carbons (Fsp3) is 0.235. The number of hydrogen-bond donors (Lipinski definition) is 1. The van der Waals surface area contributed by atoms with E-state index in [1.54, 1.807) is 0 Å². The zero-order chi connectivity index (χ0) is 14.5. The molecular formula is C17H16N2O2. The Bertz CT molecular complexity index is 647. The van der Waals surface area contributed by atoms with Crippen molar-refractivity contribution in [1.82, 2.24) is 5.32 Å². The largest absolute Gasteiger partial charge is 0.486 e. The van der Waals surface area contributed by atoms with E-state index >= 15 is 0 Å². The lowest BCUT2D eigenvalue weighted by Gasteiger charge is -2.26. The van der Waals surface area contributed by atoms with Crippen LogP contribution in [-0.2, 0) is 6.54 Å². The maximum Gasteiger partial charge on any atom is 0.161 e. The average Bonchev–Trinajstić information content (AvgIpc) is 2.55. The Labute approximate surface area is 123 Å². The molecule has 1 aliphatic rings. The quantitative estimate of drug-likeness (QED) is 0.935. The van der Waals surface area contributed by atoms with Crippen LogP contribution in [0.2, 0.25) is 0 Å². The van der Waals surface area contributed by atoms with E-state index in [0.29, 0.717) is 18.7 Å². The molecule has 0 fully saturated rings. The molecule has 2 aromatic rings. The van der Waals surface area contributed by atoms with Crippen LogP contribution >= 0.6 is 0 Å². The highest BCUT2D eigenvalue weighted by atomic mass is 16.6. The number of rotatable bonds is 4. The van der Waals surface area contributed by atoms with Crippen molar-refractivity contribution in [3.8, 4) is 17.6 Å². The van der Waals surface area contributed by atoms with Crippen molar-refractivity contribution >= 4 is 0 Å². The second kappa shape index (κ2) is 6.29. The molecule has 1 aliphatic heterocycles. The van der Waals surface area contributed by atoms with Gasteiger partial charge in [-0.3, -0.25) is 0 Å². The van der Waals surface area contributed by atoms with E-state index in [2.05, 4.69) is 11.4 Å². The Hall–Kier alpha value is -2.51. The van der Waals surface area contributed by atoms with Crippen molar-refractivity contribution in [3.05, 3.63) is 59.7 Å².